The Hall–Kier alpha value is -2.89. The number of aryl methyl sites for hydroxylation is 1. The Labute approximate surface area is 139 Å². The van der Waals surface area contributed by atoms with Crippen LogP contribution in [0.4, 0.5) is 10.5 Å². The Kier molecular flexibility index (Phi) is 3.65. The smallest absolute Gasteiger partial charge is 0.322 e. The van der Waals surface area contributed by atoms with Crippen LogP contribution in [0.2, 0.25) is 0 Å². The van der Waals surface area contributed by atoms with Crippen molar-refractivity contribution in [1.29, 1.82) is 0 Å². The summed E-state index contributed by atoms with van der Waals surface area (Å²) in [5.41, 5.74) is 3.11. The van der Waals surface area contributed by atoms with Gasteiger partial charge in [-0.1, -0.05) is 6.07 Å². The fourth-order valence-corrected chi connectivity index (χ4v) is 2.79. The summed E-state index contributed by atoms with van der Waals surface area (Å²) in [4.78, 5) is 23.1. The van der Waals surface area contributed by atoms with Crippen LogP contribution in [0.25, 0.3) is 11.1 Å². The van der Waals surface area contributed by atoms with E-state index in [9.17, 15) is 4.79 Å². The zero-order chi connectivity index (χ0) is 16.5. The maximum Gasteiger partial charge on any atom is 0.322 e. The number of nitrogens with zero attached hydrogens (tertiary/aromatic N) is 3. The Bertz CT molecular complexity index is 871. The summed E-state index contributed by atoms with van der Waals surface area (Å²) in [7, 11) is 0. The van der Waals surface area contributed by atoms with Crippen molar-refractivity contribution in [2.24, 2.45) is 0 Å². The largest absolute Gasteiger partial charge is 0.441 e. The zero-order valence-corrected chi connectivity index (χ0v) is 13.4. The molecule has 1 saturated carbocycles. The molecular formula is C18H18N4O2. The molecule has 3 aromatic rings. The van der Waals surface area contributed by atoms with Gasteiger partial charge in [0, 0.05) is 31.9 Å². The highest BCUT2D eigenvalue weighted by Gasteiger charge is 2.32. The number of nitrogens with one attached hydrogen (secondary N) is 1. The molecule has 0 unspecified atom stereocenters. The molecule has 6 heteroatoms. The third-order valence-electron chi connectivity index (χ3n) is 4.12. The van der Waals surface area contributed by atoms with Crippen molar-refractivity contribution in [3.63, 3.8) is 0 Å². The third-order valence-corrected chi connectivity index (χ3v) is 4.12. The van der Waals surface area contributed by atoms with E-state index in [1.165, 1.54) is 0 Å². The molecule has 6 nitrogen and oxygen atoms in total. The number of anilines is 1. The maximum absolute atomic E-state index is 12.8. The molecule has 0 atom stereocenters. The van der Waals surface area contributed by atoms with E-state index in [1.54, 1.807) is 19.3 Å². The molecular weight excluding hydrogens is 304 g/mol. The number of carbonyl (C=O) groups excluding carboxylic acids is 1. The minimum atomic E-state index is -0.109. The van der Waals surface area contributed by atoms with E-state index < -0.39 is 0 Å². The SMILES string of the molecule is Cc1nc2c(NC(=O)N(Cc3ccncc3)C3CC3)cccc2o1. The lowest BCUT2D eigenvalue weighted by molar-refractivity contribution is 0.206. The molecule has 2 amide bonds. The van der Waals surface area contributed by atoms with Gasteiger partial charge in [0.05, 0.1) is 5.69 Å². The van der Waals surface area contributed by atoms with Crippen LogP contribution in [0.15, 0.2) is 47.1 Å². The fraction of sp³-hybridized carbons (Fsp3) is 0.278. The first-order valence-corrected chi connectivity index (χ1v) is 8.03. The van der Waals surface area contributed by atoms with Gasteiger partial charge in [-0.2, -0.15) is 0 Å². The summed E-state index contributed by atoms with van der Waals surface area (Å²) >= 11 is 0. The second-order valence-corrected chi connectivity index (χ2v) is 6.03. The van der Waals surface area contributed by atoms with Crippen LogP contribution in [-0.4, -0.2) is 26.9 Å². The van der Waals surface area contributed by atoms with Gasteiger partial charge in [0.15, 0.2) is 11.5 Å². The number of aromatic nitrogens is 2. The standard InChI is InChI=1S/C18H18N4O2/c1-12-20-17-15(3-2-4-16(17)24-12)21-18(23)22(14-5-6-14)11-13-7-9-19-10-8-13/h2-4,7-10,14H,5-6,11H2,1H3,(H,21,23). The van der Waals surface area contributed by atoms with E-state index in [0.717, 1.165) is 18.4 Å². The first kappa shape index (κ1) is 14.7. The number of hydrogen-bond acceptors (Lipinski definition) is 4. The Morgan fingerprint density at radius 3 is 2.83 bits per heavy atom. The summed E-state index contributed by atoms with van der Waals surface area (Å²) in [5, 5.41) is 2.99. The summed E-state index contributed by atoms with van der Waals surface area (Å²) in [6, 6.07) is 9.61. The predicted molar refractivity (Wildman–Crippen MR) is 90.6 cm³/mol. The minimum absolute atomic E-state index is 0.109. The van der Waals surface area contributed by atoms with Crippen LogP contribution in [0, 0.1) is 6.92 Å². The average molecular weight is 322 g/mol. The van der Waals surface area contributed by atoms with Gasteiger partial charge in [0.25, 0.3) is 0 Å². The second kappa shape index (κ2) is 5.96. The average Bonchev–Trinajstić information content (AvgIpc) is 3.34. The number of oxazole rings is 1. The lowest BCUT2D eigenvalue weighted by Crippen LogP contribution is -2.36. The van der Waals surface area contributed by atoms with Gasteiger partial charge >= 0.3 is 6.03 Å². The summed E-state index contributed by atoms with van der Waals surface area (Å²) in [6.45, 7) is 2.37. The van der Waals surface area contributed by atoms with E-state index in [1.807, 2.05) is 35.2 Å². The van der Waals surface area contributed by atoms with Gasteiger partial charge in [0.1, 0.15) is 5.52 Å². The predicted octanol–water partition coefficient (Wildman–Crippen LogP) is 3.73. The number of rotatable bonds is 4. The molecule has 2 heterocycles. The number of amides is 2. The van der Waals surface area contributed by atoms with Gasteiger partial charge in [-0.05, 0) is 42.7 Å². The van der Waals surface area contributed by atoms with Gasteiger partial charge in [-0.3, -0.25) is 4.98 Å². The van der Waals surface area contributed by atoms with Crippen LogP contribution in [0.1, 0.15) is 24.3 Å². The topological polar surface area (TPSA) is 71.3 Å². The summed E-state index contributed by atoms with van der Waals surface area (Å²) in [5.74, 6) is 0.586. The molecule has 0 aliphatic heterocycles. The van der Waals surface area contributed by atoms with Crippen LogP contribution >= 0.6 is 0 Å². The molecule has 0 radical (unpaired) electrons. The zero-order valence-electron chi connectivity index (χ0n) is 13.4. The number of pyridine rings is 1. The van der Waals surface area contributed by atoms with Crippen LogP contribution in [0.5, 0.6) is 0 Å². The van der Waals surface area contributed by atoms with Crippen molar-refractivity contribution < 1.29 is 9.21 Å². The molecule has 0 saturated heterocycles. The first-order chi connectivity index (χ1) is 11.7. The molecule has 122 valence electrons. The Balaban J connectivity index is 1.56. The molecule has 4 rings (SSSR count). The number of fused-ring (bicyclic) bond motifs is 1. The minimum Gasteiger partial charge on any atom is -0.441 e. The maximum atomic E-state index is 12.8. The van der Waals surface area contributed by atoms with E-state index in [4.69, 9.17) is 4.42 Å². The van der Waals surface area contributed by atoms with Crippen molar-refractivity contribution in [2.75, 3.05) is 5.32 Å². The fourth-order valence-electron chi connectivity index (χ4n) is 2.79. The molecule has 24 heavy (non-hydrogen) atoms. The molecule has 1 fully saturated rings. The molecule has 1 N–H and O–H groups in total. The van der Waals surface area contributed by atoms with Crippen LogP contribution < -0.4 is 5.32 Å². The van der Waals surface area contributed by atoms with E-state index in [-0.39, 0.29) is 6.03 Å². The molecule has 1 aliphatic rings. The number of carbonyl (C=O) groups is 1. The first-order valence-electron chi connectivity index (χ1n) is 8.03. The van der Waals surface area contributed by atoms with Gasteiger partial charge in [-0.15, -0.1) is 0 Å². The highest BCUT2D eigenvalue weighted by Crippen LogP contribution is 2.30. The summed E-state index contributed by atoms with van der Waals surface area (Å²) < 4.78 is 5.52. The number of benzene rings is 1. The highest BCUT2D eigenvalue weighted by atomic mass is 16.3. The highest BCUT2D eigenvalue weighted by molar-refractivity contribution is 5.98. The number of para-hydroxylation sites is 1. The van der Waals surface area contributed by atoms with Gasteiger partial charge in [-0.25, -0.2) is 9.78 Å². The second-order valence-electron chi connectivity index (χ2n) is 6.03. The Morgan fingerprint density at radius 2 is 2.08 bits per heavy atom. The monoisotopic (exact) mass is 322 g/mol. The van der Waals surface area contributed by atoms with Crippen molar-refractivity contribution in [2.45, 2.75) is 32.4 Å². The lowest BCUT2D eigenvalue weighted by Gasteiger charge is -2.23. The third kappa shape index (κ3) is 2.95. The summed E-state index contributed by atoms with van der Waals surface area (Å²) in [6.07, 6.45) is 5.59. The molecule has 0 bridgehead atoms. The van der Waals surface area contributed by atoms with Crippen molar-refractivity contribution in [3.05, 3.63) is 54.2 Å². The van der Waals surface area contributed by atoms with Crippen molar-refractivity contribution >= 4 is 22.8 Å². The van der Waals surface area contributed by atoms with Crippen molar-refractivity contribution in [1.82, 2.24) is 14.9 Å². The Morgan fingerprint density at radius 1 is 1.29 bits per heavy atom. The number of hydrogen-bond donors (Lipinski definition) is 1. The van der Waals surface area contributed by atoms with E-state index in [2.05, 4.69) is 15.3 Å². The molecule has 2 aromatic heterocycles. The van der Waals surface area contributed by atoms with Crippen LogP contribution in [0.3, 0.4) is 0 Å². The van der Waals surface area contributed by atoms with Gasteiger partial charge in [0.2, 0.25) is 0 Å². The lowest BCUT2D eigenvalue weighted by atomic mass is 10.2. The molecule has 0 spiro atoms. The molecule has 1 aromatic carbocycles. The van der Waals surface area contributed by atoms with Crippen molar-refractivity contribution in [3.8, 4) is 0 Å². The van der Waals surface area contributed by atoms with Gasteiger partial charge < -0.3 is 14.6 Å². The van der Waals surface area contributed by atoms with E-state index >= 15 is 0 Å². The molecule has 1 aliphatic carbocycles. The van der Waals surface area contributed by atoms with Crippen LogP contribution in [-0.2, 0) is 6.54 Å². The quantitative estimate of drug-likeness (QED) is 0.794. The van der Waals surface area contributed by atoms with E-state index in [0.29, 0.717) is 35.3 Å². The normalized spacial score (nSPS) is 13.9. The number of urea groups is 1.